The van der Waals surface area contributed by atoms with Gasteiger partial charge in [-0.15, -0.1) is 0 Å². The van der Waals surface area contributed by atoms with Crippen LogP contribution in [0.1, 0.15) is 75.6 Å². The van der Waals surface area contributed by atoms with Gasteiger partial charge in [-0.2, -0.15) is 8.42 Å². The number of aromatic nitrogens is 8. The predicted octanol–water partition coefficient (Wildman–Crippen LogP) is 5.02. The van der Waals surface area contributed by atoms with Gasteiger partial charge in [-0.1, -0.05) is 6.92 Å². The normalized spacial score (nSPS) is 20.7. The fourth-order valence-corrected chi connectivity index (χ4v) is 9.25. The standard InChI is InChI=1S/C22H24BrN5O2.C21H23BrN6O5S/c1-14-4-19(6-17(14)12-29)27-22-20(9-25-13-26-22)21(30)16-2-3-28(11-16)10-15-5-18(23)8-24-7-15;22-16-3-13(6-24-7-16)9-28-2-1-14(10-28)20(30)18-8-25-12-26-21(18)27-17-4-15(19(29)5-17)11-33-34(23,31)32/h2-3,5,7-9,11,13-14,17,19,29H,4,6,10,12H2,1H3,(H,25,26,27);1-3,6-8,10,12,15,17,19,29H,4-5,9,11H2,(H2,23,31,32)(H,25,26,27)/t14-,17+,19-;15-,17-,19+/m01/s1. The third kappa shape index (κ3) is 12.5. The summed E-state index contributed by atoms with van der Waals surface area (Å²) in [6, 6.07) is 7.45. The van der Waals surface area contributed by atoms with Crippen molar-refractivity contribution in [3.8, 4) is 0 Å². The zero-order valence-corrected chi connectivity index (χ0v) is 38.6. The third-order valence-electron chi connectivity index (χ3n) is 11.3. The van der Waals surface area contributed by atoms with Gasteiger partial charge in [0.2, 0.25) is 0 Å². The first kappa shape index (κ1) is 46.7. The van der Waals surface area contributed by atoms with Crippen molar-refractivity contribution in [3.05, 3.63) is 141 Å². The Morgan fingerprint density at radius 2 is 1.27 bits per heavy atom. The molecule has 0 bridgehead atoms. The third-order valence-corrected chi connectivity index (χ3v) is 12.6. The molecule has 0 saturated heterocycles. The first-order valence-corrected chi connectivity index (χ1v) is 23.5. The fourth-order valence-electron chi connectivity index (χ4n) is 8.06. The van der Waals surface area contributed by atoms with Crippen molar-refractivity contribution >= 4 is 65.4 Å². The molecule has 18 nitrogen and oxygen atoms in total. The van der Waals surface area contributed by atoms with Crippen LogP contribution in [0.2, 0.25) is 0 Å². The van der Waals surface area contributed by atoms with Crippen LogP contribution < -0.4 is 15.8 Å². The van der Waals surface area contributed by atoms with Crippen molar-refractivity contribution in [1.82, 2.24) is 39.0 Å². The summed E-state index contributed by atoms with van der Waals surface area (Å²) in [5, 5.41) is 31.2. The van der Waals surface area contributed by atoms with Gasteiger partial charge in [0.15, 0.2) is 11.6 Å². The van der Waals surface area contributed by atoms with Gasteiger partial charge in [-0.05, 0) is 105 Å². The molecular formula is C43H47Br2N11O7S. The molecule has 2 saturated carbocycles. The Hall–Kier alpha value is -5.29. The van der Waals surface area contributed by atoms with E-state index in [2.05, 4.69) is 83.5 Å². The van der Waals surface area contributed by atoms with Crippen molar-refractivity contribution in [2.75, 3.05) is 23.8 Å². The molecule has 2 fully saturated rings. The first-order valence-electron chi connectivity index (χ1n) is 20.4. The maximum atomic E-state index is 13.2. The number of ketones is 2. The molecule has 6 aromatic heterocycles. The van der Waals surface area contributed by atoms with Gasteiger partial charge in [0.05, 0.1) is 23.8 Å². The number of nitrogens with zero attached hydrogens (tertiary/aromatic N) is 8. The van der Waals surface area contributed by atoms with E-state index in [0.29, 0.717) is 65.7 Å². The van der Waals surface area contributed by atoms with Crippen LogP contribution in [-0.2, 0) is 27.6 Å². The van der Waals surface area contributed by atoms with Crippen LogP contribution >= 0.6 is 31.9 Å². The lowest BCUT2D eigenvalue weighted by molar-refractivity contribution is 0.100. The van der Waals surface area contributed by atoms with Gasteiger partial charge in [-0.3, -0.25) is 23.7 Å². The van der Waals surface area contributed by atoms with E-state index >= 15 is 0 Å². The lowest BCUT2D eigenvalue weighted by atomic mass is 10.00. The number of carbonyl (C=O) groups excluding carboxylic acids is 2. The molecule has 6 heterocycles. The molecule has 336 valence electrons. The topological polar surface area (TPSA) is 255 Å². The fraction of sp³-hybridized carbons (Fsp3) is 0.349. The Kier molecular flexibility index (Phi) is 15.4. The van der Waals surface area contributed by atoms with Crippen LogP contribution in [0.15, 0.2) is 108 Å². The highest BCUT2D eigenvalue weighted by Crippen LogP contribution is 2.34. The molecule has 6 N–H and O–H groups in total. The first-order chi connectivity index (χ1) is 30.7. The SMILES string of the molecule is C[C@H]1C[C@H](Nc2ncncc2C(=O)c2ccn(Cc3cncc(Br)c3)c2)C[C@@H]1CO.NS(=O)(=O)OC[C@H]1C[C@@H](Nc2ncncc2C(=O)c2ccn(Cc3cncc(Br)c3)c2)C[C@@H]1O. The number of hydrogen-bond donors (Lipinski definition) is 5. The summed E-state index contributed by atoms with van der Waals surface area (Å²) in [6.45, 7) is 3.31. The van der Waals surface area contributed by atoms with Crippen molar-refractivity contribution in [2.24, 2.45) is 22.9 Å². The summed E-state index contributed by atoms with van der Waals surface area (Å²) in [5.74, 6) is 0.832. The van der Waals surface area contributed by atoms with E-state index in [-0.39, 0.29) is 42.8 Å². The molecule has 0 unspecified atom stereocenters. The molecule has 0 radical (unpaired) electrons. The quantitative estimate of drug-likeness (QED) is 0.0798. The molecule has 8 rings (SSSR count). The summed E-state index contributed by atoms with van der Waals surface area (Å²) < 4.78 is 32.3. The number of halogens is 2. The van der Waals surface area contributed by atoms with E-state index in [0.717, 1.165) is 32.9 Å². The van der Waals surface area contributed by atoms with Crippen LogP contribution in [0, 0.1) is 17.8 Å². The van der Waals surface area contributed by atoms with Gasteiger partial charge in [0.1, 0.15) is 24.3 Å². The molecule has 0 spiro atoms. The summed E-state index contributed by atoms with van der Waals surface area (Å²) in [7, 11) is -4.08. The number of anilines is 2. The Labute approximate surface area is 386 Å². The number of aliphatic hydroxyl groups is 2. The predicted molar refractivity (Wildman–Crippen MR) is 243 cm³/mol. The maximum Gasteiger partial charge on any atom is 0.333 e. The van der Waals surface area contributed by atoms with Crippen LogP contribution in [0.3, 0.4) is 0 Å². The molecule has 0 aromatic carbocycles. The van der Waals surface area contributed by atoms with Gasteiger partial charge in [0, 0.05) is 120 Å². The van der Waals surface area contributed by atoms with E-state index < -0.39 is 22.3 Å². The van der Waals surface area contributed by atoms with Crippen molar-refractivity contribution in [2.45, 2.75) is 63.9 Å². The molecule has 2 aliphatic rings. The van der Waals surface area contributed by atoms with Crippen molar-refractivity contribution < 1.29 is 32.4 Å². The summed E-state index contributed by atoms with van der Waals surface area (Å²) >= 11 is 6.83. The van der Waals surface area contributed by atoms with Gasteiger partial charge in [0.25, 0.3) is 0 Å². The van der Waals surface area contributed by atoms with Crippen molar-refractivity contribution in [1.29, 1.82) is 0 Å². The van der Waals surface area contributed by atoms with Crippen molar-refractivity contribution in [3.63, 3.8) is 0 Å². The van der Waals surface area contributed by atoms with E-state index in [1.54, 1.807) is 37.1 Å². The van der Waals surface area contributed by atoms with E-state index in [9.17, 15) is 28.2 Å². The maximum absolute atomic E-state index is 13.2. The molecule has 21 heteroatoms. The average molecular weight is 1020 g/mol. The van der Waals surface area contributed by atoms with E-state index in [4.69, 9.17) is 5.14 Å². The Bertz CT molecular complexity index is 2680. The molecule has 6 aromatic rings. The molecule has 0 amide bonds. The number of carbonyl (C=O) groups is 2. The highest BCUT2D eigenvalue weighted by atomic mass is 79.9. The van der Waals surface area contributed by atoms with Crippen LogP contribution in [-0.4, -0.2) is 101 Å². The highest BCUT2D eigenvalue weighted by Gasteiger charge is 2.35. The summed E-state index contributed by atoms with van der Waals surface area (Å²) in [6.07, 6.45) is 21.9. The second-order valence-electron chi connectivity index (χ2n) is 16.0. The minimum absolute atomic E-state index is 0.117. The minimum atomic E-state index is -4.08. The second kappa shape index (κ2) is 21.1. The number of aliphatic hydroxyl groups excluding tert-OH is 2. The average Bonchev–Trinajstić information content (AvgIpc) is 4.08. The van der Waals surface area contributed by atoms with E-state index in [1.165, 1.54) is 18.9 Å². The molecule has 6 atom stereocenters. The number of nitrogens with two attached hydrogens (primary N) is 1. The monoisotopic (exact) mass is 1020 g/mol. The number of rotatable bonds is 16. The Morgan fingerprint density at radius 1 is 0.766 bits per heavy atom. The Balaban J connectivity index is 0.000000193. The zero-order chi connectivity index (χ0) is 45.4. The smallest absolute Gasteiger partial charge is 0.333 e. The lowest BCUT2D eigenvalue weighted by Gasteiger charge is -2.15. The largest absolute Gasteiger partial charge is 0.396 e. The van der Waals surface area contributed by atoms with E-state index in [1.807, 2.05) is 52.1 Å². The summed E-state index contributed by atoms with van der Waals surface area (Å²) in [5.41, 5.74) is 3.84. The van der Waals surface area contributed by atoms with Crippen LogP contribution in [0.4, 0.5) is 11.6 Å². The van der Waals surface area contributed by atoms with Crippen LogP contribution in [0.25, 0.3) is 0 Å². The number of nitrogens with one attached hydrogen (secondary N) is 2. The minimum Gasteiger partial charge on any atom is -0.396 e. The van der Waals surface area contributed by atoms with Gasteiger partial charge in [-0.25, -0.2) is 25.1 Å². The van der Waals surface area contributed by atoms with Crippen LogP contribution in [0.5, 0.6) is 0 Å². The molecule has 0 aliphatic heterocycles. The summed E-state index contributed by atoms with van der Waals surface area (Å²) in [4.78, 5) is 51.3. The zero-order valence-electron chi connectivity index (χ0n) is 34.6. The molecule has 2 aliphatic carbocycles. The number of pyridine rings is 2. The molecule has 64 heavy (non-hydrogen) atoms. The number of hydrogen-bond acceptors (Lipinski definition) is 15. The second-order valence-corrected chi connectivity index (χ2v) is 19.1. The van der Waals surface area contributed by atoms with Gasteiger partial charge >= 0.3 is 10.3 Å². The Morgan fingerprint density at radius 3 is 1.73 bits per heavy atom. The highest BCUT2D eigenvalue weighted by molar-refractivity contribution is 9.10. The van der Waals surface area contributed by atoms with Gasteiger partial charge < -0.3 is 30.0 Å². The molecular weight excluding hydrogens is 974 g/mol. The lowest BCUT2D eigenvalue weighted by Crippen LogP contribution is -2.24.